The summed E-state index contributed by atoms with van der Waals surface area (Å²) >= 11 is 0. The molecule has 0 spiro atoms. The molecule has 6 nitrogen and oxygen atoms in total. The summed E-state index contributed by atoms with van der Waals surface area (Å²) in [7, 11) is -8.39. The van der Waals surface area contributed by atoms with E-state index in [1.54, 1.807) is 0 Å². The van der Waals surface area contributed by atoms with Gasteiger partial charge in [-0.05, 0) is 25.7 Å². The molecule has 0 saturated heterocycles. The Bertz CT molecular complexity index is 314. The molecule has 8 heteroatoms. The Morgan fingerprint density at radius 3 is 1.20 bits per heavy atom. The second kappa shape index (κ2) is 9.34. The van der Waals surface area contributed by atoms with E-state index in [0.29, 0.717) is 25.7 Å². The van der Waals surface area contributed by atoms with Crippen LogP contribution < -0.4 is 0 Å². The van der Waals surface area contributed by atoms with Crippen LogP contribution >= 0.6 is 15.2 Å². The van der Waals surface area contributed by atoms with Gasteiger partial charge in [0.25, 0.3) is 0 Å². The van der Waals surface area contributed by atoms with E-state index in [4.69, 9.17) is 0 Å². The number of hydrogen-bond acceptors (Lipinski definition) is 2. The Morgan fingerprint density at radius 1 is 0.700 bits per heavy atom. The Morgan fingerprint density at radius 2 is 1.00 bits per heavy atom. The SMILES string of the molecule is CCCCC(CCC(CCCC)P(=O)(O)O)P(=O)(O)O. The number of rotatable bonds is 11. The van der Waals surface area contributed by atoms with E-state index in [1.165, 1.54) is 0 Å². The van der Waals surface area contributed by atoms with Crippen molar-refractivity contribution in [3.8, 4) is 0 Å². The molecular formula is C12H28O6P2. The molecule has 0 aromatic rings. The third-order valence-electron chi connectivity index (χ3n) is 3.57. The Balaban J connectivity index is 4.61. The summed E-state index contributed by atoms with van der Waals surface area (Å²) < 4.78 is 22.8. The van der Waals surface area contributed by atoms with Crippen molar-refractivity contribution in [2.24, 2.45) is 0 Å². The maximum Gasteiger partial charge on any atom is 0.328 e. The summed E-state index contributed by atoms with van der Waals surface area (Å²) in [5.74, 6) is 0. The minimum absolute atomic E-state index is 0.170. The standard InChI is InChI=1S/C12H28O6P2/c1-3-5-7-11(19(13,14)15)9-10-12(8-6-4-2)20(16,17)18/h11-12H,3-10H2,1-2H3,(H2,13,14,15)(H2,16,17,18). The van der Waals surface area contributed by atoms with Crippen molar-refractivity contribution in [3.05, 3.63) is 0 Å². The lowest BCUT2D eigenvalue weighted by molar-refractivity contribution is 0.332. The van der Waals surface area contributed by atoms with Crippen LogP contribution in [-0.2, 0) is 9.13 Å². The van der Waals surface area contributed by atoms with Gasteiger partial charge in [-0.1, -0.05) is 39.5 Å². The summed E-state index contributed by atoms with van der Waals surface area (Å²) in [5.41, 5.74) is -1.56. The van der Waals surface area contributed by atoms with Gasteiger partial charge in [-0.3, -0.25) is 9.13 Å². The summed E-state index contributed by atoms with van der Waals surface area (Å²) in [4.78, 5) is 37.3. The largest absolute Gasteiger partial charge is 0.328 e. The van der Waals surface area contributed by atoms with Crippen molar-refractivity contribution >= 4 is 15.2 Å². The second-order valence-corrected chi connectivity index (χ2v) is 9.16. The molecule has 0 aliphatic rings. The molecular weight excluding hydrogens is 302 g/mol. The smallest absolute Gasteiger partial charge is 0.324 e. The highest BCUT2D eigenvalue weighted by molar-refractivity contribution is 7.53. The Hall–Kier alpha value is 0.300. The molecule has 0 amide bonds. The number of hydrogen-bond donors (Lipinski definition) is 4. The molecule has 0 aliphatic carbocycles. The lowest BCUT2D eigenvalue weighted by Gasteiger charge is -2.22. The van der Waals surface area contributed by atoms with Crippen molar-refractivity contribution in [2.75, 3.05) is 0 Å². The zero-order valence-corrected chi connectivity index (χ0v) is 14.1. The summed E-state index contributed by atoms with van der Waals surface area (Å²) in [6.45, 7) is 3.88. The second-order valence-electron chi connectivity index (χ2n) is 5.35. The summed E-state index contributed by atoms with van der Waals surface area (Å²) in [5, 5.41) is 0. The van der Waals surface area contributed by atoms with Crippen LogP contribution in [0.15, 0.2) is 0 Å². The topological polar surface area (TPSA) is 115 Å². The van der Waals surface area contributed by atoms with Crippen LogP contribution in [0.4, 0.5) is 0 Å². The van der Waals surface area contributed by atoms with E-state index < -0.39 is 26.5 Å². The zero-order chi connectivity index (χ0) is 15.8. The number of unbranched alkanes of at least 4 members (excludes halogenated alkanes) is 2. The fourth-order valence-corrected chi connectivity index (χ4v) is 4.23. The van der Waals surface area contributed by atoms with E-state index in [9.17, 15) is 28.7 Å². The lowest BCUT2D eigenvalue weighted by atomic mass is 10.1. The van der Waals surface area contributed by atoms with Crippen molar-refractivity contribution < 1.29 is 28.7 Å². The van der Waals surface area contributed by atoms with Gasteiger partial charge in [-0.15, -0.1) is 0 Å². The molecule has 0 aromatic carbocycles. The fraction of sp³-hybridized carbons (Fsp3) is 1.00. The molecule has 0 aromatic heterocycles. The minimum Gasteiger partial charge on any atom is -0.324 e. The zero-order valence-electron chi connectivity index (χ0n) is 12.3. The average Bonchev–Trinajstić information content (AvgIpc) is 2.29. The first-order chi connectivity index (χ1) is 9.12. The molecule has 0 fully saturated rings. The first kappa shape index (κ1) is 20.3. The van der Waals surface area contributed by atoms with Gasteiger partial charge in [0.2, 0.25) is 0 Å². The highest BCUT2D eigenvalue weighted by Crippen LogP contribution is 2.50. The van der Waals surface area contributed by atoms with Crippen molar-refractivity contribution in [1.29, 1.82) is 0 Å². The van der Waals surface area contributed by atoms with E-state index in [-0.39, 0.29) is 12.8 Å². The molecule has 0 saturated carbocycles. The maximum atomic E-state index is 11.4. The van der Waals surface area contributed by atoms with Gasteiger partial charge in [0.05, 0.1) is 11.3 Å². The Kier molecular flexibility index (Phi) is 9.48. The molecule has 0 radical (unpaired) electrons. The third kappa shape index (κ3) is 8.56. The van der Waals surface area contributed by atoms with Gasteiger partial charge in [0.15, 0.2) is 0 Å². The molecule has 0 heterocycles. The maximum absolute atomic E-state index is 11.4. The highest BCUT2D eigenvalue weighted by atomic mass is 31.2. The van der Waals surface area contributed by atoms with Crippen LogP contribution in [-0.4, -0.2) is 30.9 Å². The molecule has 4 N–H and O–H groups in total. The molecule has 2 unspecified atom stereocenters. The van der Waals surface area contributed by atoms with Gasteiger partial charge in [-0.2, -0.15) is 0 Å². The molecule has 0 rings (SSSR count). The van der Waals surface area contributed by atoms with E-state index in [2.05, 4.69) is 0 Å². The van der Waals surface area contributed by atoms with Gasteiger partial charge >= 0.3 is 15.2 Å². The predicted octanol–water partition coefficient (Wildman–Crippen LogP) is 3.24. The lowest BCUT2D eigenvalue weighted by Crippen LogP contribution is -2.15. The molecule has 0 bridgehead atoms. The van der Waals surface area contributed by atoms with Crippen molar-refractivity contribution in [1.82, 2.24) is 0 Å². The quantitative estimate of drug-likeness (QED) is 0.432. The van der Waals surface area contributed by atoms with E-state index in [0.717, 1.165) is 12.8 Å². The monoisotopic (exact) mass is 330 g/mol. The average molecular weight is 330 g/mol. The van der Waals surface area contributed by atoms with Crippen LogP contribution in [0.2, 0.25) is 0 Å². The molecule has 122 valence electrons. The first-order valence-corrected chi connectivity index (χ1v) is 10.6. The third-order valence-corrected chi connectivity index (χ3v) is 6.50. The van der Waals surface area contributed by atoms with Gasteiger partial charge < -0.3 is 19.6 Å². The van der Waals surface area contributed by atoms with Crippen LogP contribution in [0.25, 0.3) is 0 Å². The summed E-state index contributed by atoms with van der Waals surface area (Å²) in [6.07, 6.45) is 4.26. The van der Waals surface area contributed by atoms with Crippen LogP contribution in [0.3, 0.4) is 0 Å². The van der Waals surface area contributed by atoms with E-state index >= 15 is 0 Å². The van der Waals surface area contributed by atoms with Gasteiger partial charge in [0.1, 0.15) is 0 Å². The van der Waals surface area contributed by atoms with Crippen LogP contribution in [0.5, 0.6) is 0 Å². The molecule has 20 heavy (non-hydrogen) atoms. The van der Waals surface area contributed by atoms with E-state index in [1.807, 2.05) is 13.8 Å². The highest BCUT2D eigenvalue weighted by Gasteiger charge is 2.33. The van der Waals surface area contributed by atoms with Gasteiger partial charge in [0, 0.05) is 0 Å². The van der Waals surface area contributed by atoms with Crippen LogP contribution in [0.1, 0.15) is 65.2 Å². The van der Waals surface area contributed by atoms with Crippen molar-refractivity contribution in [2.45, 2.75) is 76.5 Å². The van der Waals surface area contributed by atoms with Crippen molar-refractivity contribution in [3.63, 3.8) is 0 Å². The fourth-order valence-electron chi connectivity index (χ4n) is 2.23. The van der Waals surface area contributed by atoms with Gasteiger partial charge in [-0.25, -0.2) is 0 Å². The predicted molar refractivity (Wildman–Crippen MR) is 79.9 cm³/mol. The minimum atomic E-state index is -4.19. The first-order valence-electron chi connectivity index (χ1n) is 7.23. The molecule has 0 aliphatic heterocycles. The Labute approximate surface area is 121 Å². The normalized spacial score (nSPS) is 16.1. The molecule has 2 atom stereocenters. The summed E-state index contributed by atoms with van der Waals surface area (Å²) in [6, 6.07) is 0. The van der Waals surface area contributed by atoms with Crippen LogP contribution in [0, 0.1) is 0 Å².